The summed E-state index contributed by atoms with van der Waals surface area (Å²) in [6, 6.07) is 4.91. The third kappa shape index (κ3) is 1.56. The van der Waals surface area contributed by atoms with E-state index in [9.17, 15) is 9.90 Å². The van der Waals surface area contributed by atoms with Gasteiger partial charge in [-0.05, 0) is 19.1 Å². The van der Waals surface area contributed by atoms with Crippen molar-refractivity contribution in [2.24, 2.45) is 0 Å². The van der Waals surface area contributed by atoms with Gasteiger partial charge in [-0.2, -0.15) is 0 Å². The summed E-state index contributed by atoms with van der Waals surface area (Å²) in [5.74, 6) is -0.254. The highest BCUT2D eigenvalue weighted by atomic mass is 16.3. The quantitative estimate of drug-likeness (QED) is 0.653. The van der Waals surface area contributed by atoms with Crippen LogP contribution in [0.15, 0.2) is 18.2 Å². The first kappa shape index (κ1) is 8.59. The van der Waals surface area contributed by atoms with Crippen LogP contribution in [-0.2, 0) is 0 Å². The largest absolute Gasteiger partial charge is 0.507 e. The number of nitrogens with one attached hydrogen (secondary N) is 1. The van der Waals surface area contributed by atoms with Crippen molar-refractivity contribution < 1.29 is 9.90 Å². The van der Waals surface area contributed by atoms with Gasteiger partial charge in [0.15, 0.2) is 0 Å². The molecule has 1 amide bonds. The van der Waals surface area contributed by atoms with Gasteiger partial charge < -0.3 is 10.4 Å². The van der Waals surface area contributed by atoms with Crippen LogP contribution in [0.4, 0.5) is 0 Å². The average molecular weight is 165 g/mol. The van der Waals surface area contributed by atoms with Gasteiger partial charge in [0, 0.05) is 7.05 Å². The predicted molar refractivity (Wildman–Crippen MR) is 46.2 cm³/mol. The zero-order valence-electron chi connectivity index (χ0n) is 7.09. The highest BCUT2D eigenvalue weighted by Crippen LogP contribution is 2.17. The number of hydrogen-bond donors (Lipinski definition) is 2. The van der Waals surface area contributed by atoms with Crippen molar-refractivity contribution in [3.05, 3.63) is 29.3 Å². The standard InChI is InChI=1S/C9H11NO2/c1-6-3-4-8(11)7(5-6)9(12)10-2/h3-5,11H,1-2H3,(H,10,12). The number of carbonyl (C=O) groups is 1. The van der Waals surface area contributed by atoms with Gasteiger partial charge >= 0.3 is 0 Å². The highest BCUT2D eigenvalue weighted by Gasteiger charge is 2.08. The van der Waals surface area contributed by atoms with Crippen LogP contribution in [0.1, 0.15) is 15.9 Å². The smallest absolute Gasteiger partial charge is 0.254 e. The van der Waals surface area contributed by atoms with E-state index >= 15 is 0 Å². The normalized spacial score (nSPS) is 9.50. The Hall–Kier alpha value is -1.51. The van der Waals surface area contributed by atoms with Gasteiger partial charge in [-0.15, -0.1) is 0 Å². The number of amides is 1. The molecule has 12 heavy (non-hydrogen) atoms. The second-order valence-corrected chi connectivity index (χ2v) is 2.60. The molecule has 64 valence electrons. The van der Waals surface area contributed by atoms with E-state index in [-0.39, 0.29) is 11.7 Å². The lowest BCUT2D eigenvalue weighted by molar-refractivity contribution is 0.0960. The van der Waals surface area contributed by atoms with Gasteiger partial charge in [-0.3, -0.25) is 4.79 Å². The van der Waals surface area contributed by atoms with Crippen LogP contribution in [-0.4, -0.2) is 18.1 Å². The van der Waals surface area contributed by atoms with Crippen molar-refractivity contribution in [1.29, 1.82) is 0 Å². The molecule has 0 heterocycles. The molecular weight excluding hydrogens is 154 g/mol. The maximum absolute atomic E-state index is 11.1. The molecule has 0 aliphatic rings. The third-order valence-electron chi connectivity index (χ3n) is 1.62. The summed E-state index contributed by atoms with van der Waals surface area (Å²) < 4.78 is 0. The number of aromatic hydroxyl groups is 1. The first-order valence-electron chi connectivity index (χ1n) is 3.67. The minimum absolute atomic E-state index is 0.0138. The molecule has 1 aromatic carbocycles. The molecule has 1 aromatic rings. The molecule has 0 unspecified atom stereocenters. The summed E-state index contributed by atoms with van der Waals surface area (Å²) in [5.41, 5.74) is 1.27. The molecule has 2 N–H and O–H groups in total. The van der Waals surface area contributed by atoms with E-state index < -0.39 is 0 Å². The van der Waals surface area contributed by atoms with Gasteiger partial charge in [0.25, 0.3) is 5.91 Å². The van der Waals surface area contributed by atoms with E-state index in [2.05, 4.69) is 5.32 Å². The number of phenolic OH excluding ortho intramolecular Hbond substituents is 1. The number of benzene rings is 1. The lowest BCUT2D eigenvalue weighted by atomic mass is 10.1. The van der Waals surface area contributed by atoms with E-state index in [1.807, 2.05) is 6.92 Å². The lowest BCUT2D eigenvalue weighted by Crippen LogP contribution is -2.17. The Kier molecular flexibility index (Phi) is 2.33. The summed E-state index contributed by atoms with van der Waals surface area (Å²) in [5, 5.41) is 11.7. The van der Waals surface area contributed by atoms with E-state index in [0.29, 0.717) is 5.56 Å². The highest BCUT2D eigenvalue weighted by molar-refractivity contribution is 5.96. The van der Waals surface area contributed by atoms with Crippen molar-refractivity contribution in [1.82, 2.24) is 5.32 Å². The zero-order valence-corrected chi connectivity index (χ0v) is 7.09. The number of carbonyl (C=O) groups excluding carboxylic acids is 1. The van der Waals surface area contributed by atoms with Crippen molar-refractivity contribution >= 4 is 5.91 Å². The fraction of sp³-hybridized carbons (Fsp3) is 0.222. The maximum atomic E-state index is 11.1. The molecule has 0 saturated heterocycles. The Bertz CT molecular complexity index is 307. The second kappa shape index (κ2) is 3.26. The van der Waals surface area contributed by atoms with Gasteiger partial charge in [-0.25, -0.2) is 0 Å². The van der Waals surface area contributed by atoms with Crippen LogP contribution in [0.25, 0.3) is 0 Å². The van der Waals surface area contributed by atoms with E-state index in [1.54, 1.807) is 12.1 Å². The Morgan fingerprint density at radius 3 is 2.75 bits per heavy atom. The van der Waals surface area contributed by atoms with E-state index in [0.717, 1.165) is 5.56 Å². The molecule has 0 aliphatic heterocycles. The van der Waals surface area contributed by atoms with Crippen LogP contribution in [0, 0.1) is 6.92 Å². The summed E-state index contributed by atoms with van der Waals surface area (Å²) >= 11 is 0. The molecule has 0 atom stereocenters. The monoisotopic (exact) mass is 165 g/mol. The molecule has 0 radical (unpaired) electrons. The summed E-state index contributed by atoms with van der Waals surface area (Å²) in [4.78, 5) is 11.1. The summed E-state index contributed by atoms with van der Waals surface area (Å²) in [6.07, 6.45) is 0. The molecule has 3 nitrogen and oxygen atoms in total. The number of aryl methyl sites for hydroxylation is 1. The summed E-state index contributed by atoms with van der Waals surface area (Å²) in [7, 11) is 1.53. The number of rotatable bonds is 1. The summed E-state index contributed by atoms with van der Waals surface area (Å²) in [6.45, 7) is 1.87. The van der Waals surface area contributed by atoms with Crippen molar-refractivity contribution in [3.8, 4) is 5.75 Å². The Morgan fingerprint density at radius 2 is 2.17 bits per heavy atom. The first-order valence-corrected chi connectivity index (χ1v) is 3.67. The van der Waals surface area contributed by atoms with Gasteiger partial charge in [0.2, 0.25) is 0 Å². The van der Waals surface area contributed by atoms with Crippen LogP contribution >= 0.6 is 0 Å². The van der Waals surface area contributed by atoms with Crippen molar-refractivity contribution in [2.75, 3.05) is 7.05 Å². The SMILES string of the molecule is CNC(=O)c1cc(C)ccc1O. The van der Waals surface area contributed by atoms with Crippen LogP contribution in [0.2, 0.25) is 0 Å². The lowest BCUT2D eigenvalue weighted by Gasteiger charge is -2.03. The third-order valence-corrected chi connectivity index (χ3v) is 1.62. The molecule has 3 heteroatoms. The van der Waals surface area contributed by atoms with Crippen LogP contribution in [0.5, 0.6) is 5.75 Å². The van der Waals surface area contributed by atoms with Crippen molar-refractivity contribution in [2.45, 2.75) is 6.92 Å². The molecular formula is C9H11NO2. The fourth-order valence-electron chi connectivity index (χ4n) is 0.966. The molecule has 0 spiro atoms. The van der Waals surface area contributed by atoms with Crippen LogP contribution < -0.4 is 5.32 Å². The zero-order chi connectivity index (χ0) is 9.14. The number of hydrogen-bond acceptors (Lipinski definition) is 2. The minimum Gasteiger partial charge on any atom is -0.507 e. The average Bonchev–Trinajstić information content (AvgIpc) is 2.08. The molecule has 0 fully saturated rings. The molecule has 0 saturated carbocycles. The molecule has 0 aliphatic carbocycles. The van der Waals surface area contributed by atoms with E-state index in [4.69, 9.17) is 0 Å². The topological polar surface area (TPSA) is 49.3 Å². The maximum Gasteiger partial charge on any atom is 0.254 e. The van der Waals surface area contributed by atoms with Crippen molar-refractivity contribution in [3.63, 3.8) is 0 Å². The molecule has 1 rings (SSSR count). The Labute approximate surface area is 71.0 Å². The fourth-order valence-corrected chi connectivity index (χ4v) is 0.966. The molecule has 0 aromatic heterocycles. The second-order valence-electron chi connectivity index (χ2n) is 2.60. The first-order chi connectivity index (χ1) is 5.65. The minimum atomic E-state index is -0.267. The van der Waals surface area contributed by atoms with Crippen LogP contribution in [0.3, 0.4) is 0 Å². The van der Waals surface area contributed by atoms with Gasteiger partial charge in [-0.1, -0.05) is 11.6 Å². The molecule has 0 bridgehead atoms. The van der Waals surface area contributed by atoms with Gasteiger partial charge in [0.1, 0.15) is 5.75 Å². The number of phenols is 1. The van der Waals surface area contributed by atoms with E-state index in [1.165, 1.54) is 13.1 Å². The Balaban J connectivity index is 3.13. The Morgan fingerprint density at radius 1 is 1.50 bits per heavy atom. The van der Waals surface area contributed by atoms with Gasteiger partial charge in [0.05, 0.1) is 5.56 Å². The predicted octanol–water partition coefficient (Wildman–Crippen LogP) is 1.06.